The highest BCUT2D eigenvalue weighted by atomic mass is 14.9. The van der Waals surface area contributed by atoms with Gasteiger partial charge in [0.2, 0.25) is 0 Å². The molecule has 1 nitrogen and oxygen atoms in total. The van der Waals surface area contributed by atoms with Crippen LogP contribution in [0.4, 0.5) is 0 Å². The summed E-state index contributed by atoms with van der Waals surface area (Å²) in [5.41, 5.74) is 1.52. The van der Waals surface area contributed by atoms with E-state index in [9.17, 15) is 0 Å². The van der Waals surface area contributed by atoms with Gasteiger partial charge in [0.15, 0.2) is 12.4 Å². The van der Waals surface area contributed by atoms with Gasteiger partial charge in [-0.3, -0.25) is 0 Å². The minimum atomic E-state index is 1.18. The average Bonchev–Trinajstić information content (AvgIpc) is 2.72. The predicted octanol–water partition coefficient (Wildman–Crippen LogP) is 8.58. The fraction of sp³-hybridized carbons (Fsp3) is 0.815. The van der Waals surface area contributed by atoms with Gasteiger partial charge in [0.05, 0.1) is 0 Å². The van der Waals surface area contributed by atoms with E-state index in [2.05, 4.69) is 42.9 Å². The van der Waals surface area contributed by atoms with Crippen molar-refractivity contribution in [2.24, 2.45) is 0 Å². The Morgan fingerprint density at radius 1 is 0.500 bits per heavy atom. The lowest BCUT2D eigenvalue weighted by Gasteiger charge is -2.04. The van der Waals surface area contributed by atoms with Gasteiger partial charge in [-0.2, -0.15) is 0 Å². The molecule has 1 rings (SSSR count). The highest BCUT2D eigenvalue weighted by Crippen LogP contribution is 2.13. The van der Waals surface area contributed by atoms with E-state index in [0.717, 1.165) is 0 Å². The molecule has 1 aromatic heterocycles. The van der Waals surface area contributed by atoms with Crippen molar-refractivity contribution in [2.75, 3.05) is 0 Å². The summed E-state index contributed by atoms with van der Waals surface area (Å²) in [6.07, 6.45) is 31.3. The van der Waals surface area contributed by atoms with E-state index in [1.807, 2.05) is 0 Å². The summed E-state index contributed by atoms with van der Waals surface area (Å²) < 4.78 is 2.36. The number of nitrogens with zero attached hydrogens (tertiary/aromatic N) is 1. The van der Waals surface area contributed by atoms with Crippen molar-refractivity contribution in [3.05, 3.63) is 30.1 Å². The Balaban J connectivity index is 1.89. The van der Waals surface area contributed by atoms with Crippen LogP contribution >= 0.6 is 0 Å². The minimum absolute atomic E-state index is 1.18. The molecule has 0 amide bonds. The SMILES string of the molecule is CCCCCCCCCCCCCCCc1cc[n+](CCCCCCC)cc1. The maximum absolute atomic E-state index is 2.36. The quantitative estimate of drug-likeness (QED) is 0.155. The fourth-order valence-electron chi connectivity index (χ4n) is 4.05. The van der Waals surface area contributed by atoms with Crippen LogP contribution in [0.1, 0.15) is 135 Å². The van der Waals surface area contributed by atoms with Gasteiger partial charge in [-0.15, -0.1) is 0 Å². The monoisotopic (exact) mass is 388 g/mol. The molecule has 1 heterocycles. The summed E-state index contributed by atoms with van der Waals surface area (Å²) in [7, 11) is 0. The van der Waals surface area contributed by atoms with Crippen LogP contribution < -0.4 is 4.57 Å². The van der Waals surface area contributed by atoms with Crippen LogP contribution in [-0.4, -0.2) is 0 Å². The number of aryl methyl sites for hydroxylation is 2. The van der Waals surface area contributed by atoms with Crippen LogP contribution in [0.2, 0.25) is 0 Å². The first-order chi connectivity index (χ1) is 13.9. The van der Waals surface area contributed by atoms with Crippen LogP contribution in [0.3, 0.4) is 0 Å². The third kappa shape index (κ3) is 15.1. The molecule has 0 aromatic carbocycles. The van der Waals surface area contributed by atoms with Crippen molar-refractivity contribution in [1.82, 2.24) is 0 Å². The lowest BCUT2D eigenvalue weighted by atomic mass is 10.0. The number of unbranched alkanes of at least 4 members (excludes halogenated alkanes) is 16. The Kier molecular flexibility index (Phi) is 17.5. The smallest absolute Gasteiger partial charge is 0.169 e. The Morgan fingerprint density at radius 3 is 1.36 bits per heavy atom. The van der Waals surface area contributed by atoms with Crippen LogP contribution in [0.25, 0.3) is 0 Å². The Morgan fingerprint density at radius 2 is 0.893 bits per heavy atom. The van der Waals surface area contributed by atoms with Crippen molar-refractivity contribution in [1.29, 1.82) is 0 Å². The predicted molar refractivity (Wildman–Crippen MR) is 125 cm³/mol. The number of rotatable bonds is 20. The molecule has 0 bridgehead atoms. The third-order valence-corrected chi connectivity index (χ3v) is 6.05. The zero-order chi connectivity index (χ0) is 20.1. The summed E-state index contributed by atoms with van der Waals surface area (Å²) in [6.45, 7) is 5.76. The topological polar surface area (TPSA) is 3.88 Å². The van der Waals surface area contributed by atoms with E-state index >= 15 is 0 Å². The summed E-state index contributed by atoms with van der Waals surface area (Å²) in [5.74, 6) is 0. The molecule has 1 heteroatoms. The third-order valence-electron chi connectivity index (χ3n) is 6.05. The van der Waals surface area contributed by atoms with Gasteiger partial charge >= 0.3 is 0 Å². The number of hydrogen-bond acceptors (Lipinski definition) is 0. The second-order valence-corrected chi connectivity index (χ2v) is 8.85. The van der Waals surface area contributed by atoms with E-state index in [1.54, 1.807) is 0 Å². The molecule has 0 N–H and O–H groups in total. The lowest BCUT2D eigenvalue weighted by Crippen LogP contribution is -2.32. The van der Waals surface area contributed by atoms with Gasteiger partial charge in [-0.05, 0) is 24.8 Å². The van der Waals surface area contributed by atoms with Crippen molar-refractivity contribution in [3.63, 3.8) is 0 Å². The van der Waals surface area contributed by atoms with Crippen LogP contribution in [0, 0.1) is 0 Å². The first-order valence-electron chi connectivity index (χ1n) is 12.8. The van der Waals surface area contributed by atoms with Gasteiger partial charge in [-0.1, -0.05) is 110 Å². The molecule has 0 fully saturated rings. The largest absolute Gasteiger partial charge is 0.205 e. The van der Waals surface area contributed by atoms with Crippen molar-refractivity contribution in [3.8, 4) is 0 Å². The molecule has 0 aliphatic rings. The number of hydrogen-bond donors (Lipinski definition) is 0. The summed E-state index contributed by atoms with van der Waals surface area (Å²) in [5, 5.41) is 0. The Hall–Kier alpha value is -0.850. The standard InChI is InChI=1S/C27H50N/c1-3-5-7-9-10-11-12-13-14-15-16-17-19-21-27-22-25-28(26-23-27)24-20-18-8-6-4-2/h22-23,25-26H,3-21,24H2,1-2H3/q+1. The number of pyridine rings is 1. The fourth-order valence-corrected chi connectivity index (χ4v) is 4.05. The van der Waals surface area contributed by atoms with Crippen LogP contribution in [0.5, 0.6) is 0 Å². The summed E-state index contributed by atoms with van der Waals surface area (Å²) >= 11 is 0. The van der Waals surface area contributed by atoms with Crippen molar-refractivity contribution in [2.45, 2.75) is 142 Å². The molecule has 0 atom stereocenters. The molecule has 0 saturated heterocycles. The molecule has 0 unspecified atom stereocenters. The van der Waals surface area contributed by atoms with E-state index in [1.165, 1.54) is 134 Å². The second kappa shape index (κ2) is 19.5. The molecule has 28 heavy (non-hydrogen) atoms. The van der Waals surface area contributed by atoms with E-state index < -0.39 is 0 Å². The molecule has 162 valence electrons. The molecule has 0 aliphatic heterocycles. The highest BCUT2D eigenvalue weighted by molar-refractivity contribution is 5.07. The van der Waals surface area contributed by atoms with Crippen molar-refractivity contribution < 1.29 is 4.57 Å². The molecule has 0 saturated carbocycles. The molecule has 1 aromatic rings. The zero-order valence-corrected chi connectivity index (χ0v) is 19.4. The maximum atomic E-state index is 2.36. The van der Waals surface area contributed by atoms with E-state index in [0.29, 0.717) is 0 Å². The van der Waals surface area contributed by atoms with Gasteiger partial charge in [0, 0.05) is 18.6 Å². The molecular weight excluding hydrogens is 338 g/mol. The van der Waals surface area contributed by atoms with E-state index in [-0.39, 0.29) is 0 Å². The zero-order valence-electron chi connectivity index (χ0n) is 19.4. The van der Waals surface area contributed by atoms with Crippen LogP contribution in [0.15, 0.2) is 24.5 Å². The van der Waals surface area contributed by atoms with Gasteiger partial charge in [-0.25, -0.2) is 4.57 Å². The highest BCUT2D eigenvalue weighted by Gasteiger charge is 2.01. The number of aromatic nitrogens is 1. The normalized spacial score (nSPS) is 11.2. The molecule has 0 aliphatic carbocycles. The Labute approximate surface area is 177 Å². The van der Waals surface area contributed by atoms with Crippen molar-refractivity contribution >= 4 is 0 Å². The summed E-state index contributed by atoms with van der Waals surface area (Å²) in [4.78, 5) is 0. The lowest BCUT2D eigenvalue weighted by molar-refractivity contribution is -0.697. The average molecular weight is 389 g/mol. The van der Waals surface area contributed by atoms with Crippen LogP contribution in [-0.2, 0) is 13.0 Å². The first-order valence-corrected chi connectivity index (χ1v) is 12.8. The first kappa shape index (κ1) is 25.2. The summed E-state index contributed by atoms with van der Waals surface area (Å²) in [6, 6.07) is 4.68. The molecule has 0 radical (unpaired) electrons. The van der Waals surface area contributed by atoms with E-state index in [4.69, 9.17) is 0 Å². The maximum Gasteiger partial charge on any atom is 0.169 e. The van der Waals surface area contributed by atoms with Gasteiger partial charge in [0.1, 0.15) is 6.54 Å². The minimum Gasteiger partial charge on any atom is -0.205 e. The Bertz CT molecular complexity index is 422. The van der Waals surface area contributed by atoms with Gasteiger partial charge < -0.3 is 0 Å². The second-order valence-electron chi connectivity index (χ2n) is 8.85. The van der Waals surface area contributed by atoms with Gasteiger partial charge in [0.25, 0.3) is 0 Å². The molecule has 0 spiro atoms. The molecular formula is C27H50N+.